The van der Waals surface area contributed by atoms with E-state index in [1.165, 1.54) is 12.8 Å². The van der Waals surface area contributed by atoms with Crippen molar-refractivity contribution in [1.29, 1.82) is 0 Å². The fraction of sp³-hybridized carbons (Fsp3) is 0.714. The Labute approximate surface area is 135 Å². The molecule has 0 aliphatic carbocycles. The van der Waals surface area contributed by atoms with E-state index in [4.69, 9.17) is 5.73 Å². The van der Waals surface area contributed by atoms with Crippen molar-refractivity contribution >= 4 is 11.9 Å². The fourth-order valence-corrected chi connectivity index (χ4v) is 2.73. The molecule has 1 aromatic rings. The molecule has 1 fully saturated rings. The summed E-state index contributed by atoms with van der Waals surface area (Å²) in [7, 11) is 1.75. The van der Waals surface area contributed by atoms with Gasteiger partial charge < -0.3 is 25.4 Å². The molecule has 2 rings (SSSR count). The summed E-state index contributed by atoms with van der Waals surface area (Å²) in [5, 5.41) is 6.26. The standard InChI is InChI=1S/C14H24N6O3/c1-10(9-20-5-3-4-6-20)8-19(2)14(22)16-7-11-17-13(12(15)21)23-18-11/h10H,3-9H2,1-2H3,(H2,15,21)(H,16,22). The Morgan fingerprint density at radius 3 is 2.74 bits per heavy atom. The Balaban J connectivity index is 1.72. The van der Waals surface area contributed by atoms with Crippen LogP contribution in [0.4, 0.5) is 4.79 Å². The molecule has 9 heteroatoms. The molecular weight excluding hydrogens is 300 g/mol. The number of nitrogens with two attached hydrogens (primary N) is 1. The molecule has 1 aliphatic rings. The van der Waals surface area contributed by atoms with Crippen molar-refractivity contribution in [2.45, 2.75) is 26.3 Å². The maximum absolute atomic E-state index is 12.1. The van der Waals surface area contributed by atoms with Gasteiger partial charge in [0, 0.05) is 20.1 Å². The SMILES string of the molecule is CC(CN1CCCC1)CN(C)C(=O)NCc1noc(C(N)=O)n1. The van der Waals surface area contributed by atoms with Gasteiger partial charge in [0.25, 0.3) is 0 Å². The quantitative estimate of drug-likeness (QED) is 0.731. The molecule has 3 N–H and O–H groups in total. The lowest BCUT2D eigenvalue weighted by molar-refractivity contribution is 0.0958. The highest BCUT2D eigenvalue weighted by Crippen LogP contribution is 2.10. The number of carbonyl (C=O) groups excluding carboxylic acids is 2. The average molecular weight is 324 g/mol. The molecule has 128 valence electrons. The number of hydrogen-bond donors (Lipinski definition) is 2. The van der Waals surface area contributed by atoms with E-state index < -0.39 is 5.91 Å². The van der Waals surface area contributed by atoms with Gasteiger partial charge >= 0.3 is 17.8 Å². The van der Waals surface area contributed by atoms with Crippen molar-refractivity contribution in [3.63, 3.8) is 0 Å². The molecule has 9 nitrogen and oxygen atoms in total. The summed E-state index contributed by atoms with van der Waals surface area (Å²) in [5.41, 5.74) is 5.02. The molecule has 0 saturated carbocycles. The number of nitrogens with one attached hydrogen (secondary N) is 1. The smallest absolute Gasteiger partial charge is 0.317 e. The van der Waals surface area contributed by atoms with Crippen LogP contribution >= 0.6 is 0 Å². The van der Waals surface area contributed by atoms with E-state index in [2.05, 4.69) is 31.8 Å². The zero-order valence-electron chi connectivity index (χ0n) is 13.6. The lowest BCUT2D eigenvalue weighted by Crippen LogP contribution is -2.41. The second kappa shape index (κ2) is 7.91. The number of urea groups is 1. The van der Waals surface area contributed by atoms with Crippen LogP contribution < -0.4 is 11.1 Å². The first-order valence-corrected chi connectivity index (χ1v) is 7.79. The number of hydrogen-bond acceptors (Lipinski definition) is 6. The maximum Gasteiger partial charge on any atom is 0.317 e. The molecule has 1 saturated heterocycles. The van der Waals surface area contributed by atoms with Gasteiger partial charge in [0.05, 0.1) is 6.54 Å². The Bertz CT molecular complexity index is 540. The minimum Gasteiger partial charge on any atom is -0.361 e. The normalized spacial score (nSPS) is 16.3. The zero-order valence-corrected chi connectivity index (χ0v) is 13.6. The van der Waals surface area contributed by atoms with Gasteiger partial charge in [-0.05, 0) is 31.8 Å². The first-order valence-electron chi connectivity index (χ1n) is 7.79. The van der Waals surface area contributed by atoms with Crippen LogP contribution in [0.1, 0.15) is 36.3 Å². The lowest BCUT2D eigenvalue weighted by atomic mass is 10.1. The molecule has 3 amide bonds. The number of carbonyl (C=O) groups is 2. The molecule has 1 aromatic heterocycles. The van der Waals surface area contributed by atoms with E-state index in [0.29, 0.717) is 12.5 Å². The van der Waals surface area contributed by atoms with Crippen LogP contribution in [-0.4, -0.2) is 65.1 Å². The lowest BCUT2D eigenvalue weighted by Gasteiger charge is -2.25. The predicted molar refractivity (Wildman–Crippen MR) is 82.5 cm³/mol. The topological polar surface area (TPSA) is 118 Å². The molecule has 1 unspecified atom stereocenters. The molecule has 0 bridgehead atoms. The highest BCUT2D eigenvalue weighted by Gasteiger charge is 2.18. The Morgan fingerprint density at radius 2 is 2.13 bits per heavy atom. The van der Waals surface area contributed by atoms with Crippen molar-refractivity contribution in [2.75, 3.05) is 33.2 Å². The minimum atomic E-state index is -0.789. The summed E-state index contributed by atoms with van der Waals surface area (Å²) in [6.45, 7) is 6.20. The van der Waals surface area contributed by atoms with Gasteiger partial charge in [-0.3, -0.25) is 4.79 Å². The van der Waals surface area contributed by atoms with E-state index in [-0.39, 0.29) is 24.3 Å². The van der Waals surface area contributed by atoms with Crippen molar-refractivity contribution in [3.05, 3.63) is 11.7 Å². The number of aromatic nitrogens is 2. The molecular formula is C14H24N6O3. The number of likely N-dealkylation sites (tertiary alicyclic amines) is 1. The van der Waals surface area contributed by atoms with Crippen molar-refractivity contribution < 1.29 is 14.1 Å². The van der Waals surface area contributed by atoms with E-state index in [0.717, 1.165) is 19.6 Å². The zero-order chi connectivity index (χ0) is 16.8. The fourth-order valence-electron chi connectivity index (χ4n) is 2.73. The van der Waals surface area contributed by atoms with Gasteiger partial charge in [0.15, 0.2) is 5.82 Å². The Kier molecular flexibility index (Phi) is 5.91. The van der Waals surface area contributed by atoms with Crippen LogP contribution in [0.25, 0.3) is 0 Å². The second-order valence-corrected chi connectivity index (χ2v) is 6.03. The van der Waals surface area contributed by atoms with Gasteiger partial charge in [-0.25, -0.2) is 4.79 Å². The van der Waals surface area contributed by atoms with Crippen LogP contribution in [0.15, 0.2) is 4.52 Å². The Morgan fingerprint density at radius 1 is 1.43 bits per heavy atom. The van der Waals surface area contributed by atoms with Crippen LogP contribution in [0.5, 0.6) is 0 Å². The molecule has 1 atom stereocenters. The monoisotopic (exact) mass is 324 g/mol. The summed E-state index contributed by atoms with van der Waals surface area (Å²) in [5.74, 6) is -0.439. The number of amides is 3. The van der Waals surface area contributed by atoms with E-state index >= 15 is 0 Å². The van der Waals surface area contributed by atoms with Crippen LogP contribution in [0.2, 0.25) is 0 Å². The van der Waals surface area contributed by atoms with E-state index in [9.17, 15) is 9.59 Å². The summed E-state index contributed by atoms with van der Waals surface area (Å²) in [4.78, 5) is 30.7. The molecule has 0 aromatic carbocycles. The number of nitrogens with zero attached hydrogens (tertiary/aromatic N) is 4. The number of primary amides is 1. The Hall–Kier alpha value is -2.16. The molecule has 1 aliphatic heterocycles. The van der Waals surface area contributed by atoms with Gasteiger partial charge in [-0.15, -0.1) is 0 Å². The third kappa shape index (κ3) is 5.20. The summed E-state index contributed by atoms with van der Waals surface area (Å²) in [6.07, 6.45) is 2.53. The predicted octanol–water partition coefficient (Wildman–Crippen LogP) is 0.0418. The van der Waals surface area contributed by atoms with Gasteiger partial charge in [0.2, 0.25) is 0 Å². The number of rotatable bonds is 7. The third-order valence-corrected chi connectivity index (χ3v) is 3.78. The van der Waals surface area contributed by atoms with Gasteiger partial charge in [-0.1, -0.05) is 12.1 Å². The molecule has 0 spiro atoms. The summed E-state index contributed by atoms with van der Waals surface area (Å²) < 4.78 is 4.65. The maximum atomic E-state index is 12.1. The van der Waals surface area contributed by atoms with Crippen molar-refractivity contribution in [1.82, 2.24) is 25.3 Å². The van der Waals surface area contributed by atoms with Crippen LogP contribution in [0, 0.1) is 5.92 Å². The van der Waals surface area contributed by atoms with Crippen molar-refractivity contribution in [3.8, 4) is 0 Å². The van der Waals surface area contributed by atoms with E-state index in [1.807, 2.05) is 0 Å². The average Bonchev–Trinajstić information content (AvgIpc) is 3.15. The second-order valence-electron chi connectivity index (χ2n) is 6.03. The van der Waals surface area contributed by atoms with Gasteiger partial charge in [-0.2, -0.15) is 4.98 Å². The largest absolute Gasteiger partial charge is 0.361 e. The van der Waals surface area contributed by atoms with E-state index in [1.54, 1.807) is 11.9 Å². The highest BCUT2D eigenvalue weighted by molar-refractivity contribution is 5.87. The summed E-state index contributed by atoms with van der Waals surface area (Å²) >= 11 is 0. The first kappa shape index (κ1) is 17.2. The van der Waals surface area contributed by atoms with Crippen LogP contribution in [0.3, 0.4) is 0 Å². The first-order chi connectivity index (χ1) is 11.0. The molecule has 2 heterocycles. The molecule has 23 heavy (non-hydrogen) atoms. The molecule has 0 radical (unpaired) electrons. The van der Waals surface area contributed by atoms with Crippen molar-refractivity contribution in [2.24, 2.45) is 11.7 Å². The van der Waals surface area contributed by atoms with Crippen LogP contribution in [-0.2, 0) is 6.54 Å². The summed E-state index contributed by atoms with van der Waals surface area (Å²) in [6, 6.07) is -0.219. The van der Waals surface area contributed by atoms with Gasteiger partial charge in [0.1, 0.15) is 0 Å². The third-order valence-electron chi connectivity index (χ3n) is 3.78. The minimum absolute atomic E-state index is 0.0838. The highest BCUT2D eigenvalue weighted by atomic mass is 16.5.